The largest absolute Gasteiger partial charge is 0.444 e. The predicted molar refractivity (Wildman–Crippen MR) is 141 cm³/mol. The highest BCUT2D eigenvalue weighted by molar-refractivity contribution is 7.91. The van der Waals surface area contributed by atoms with Gasteiger partial charge in [-0.05, 0) is 62.9 Å². The van der Waals surface area contributed by atoms with Crippen LogP contribution in [0.2, 0.25) is 5.02 Å². The number of anilines is 1. The van der Waals surface area contributed by atoms with Crippen LogP contribution < -0.4 is 10.2 Å². The van der Waals surface area contributed by atoms with Gasteiger partial charge in [0.1, 0.15) is 17.5 Å². The van der Waals surface area contributed by atoms with Crippen LogP contribution in [0.4, 0.5) is 14.9 Å². The third-order valence-electron chi connectivity index (χ3n) is 6.35. The predicted octanol–water partition coefficient (Wildman–Crippen LogP) is 5.07. The lowest BCUT2D eigenvalue weighted by Crippen LogP contribution is -2.51. The van der Waals surface area contributed by atoms with Gasteiger partial charge in [0.05, 0.1) is 28.4 Å². The zero-order valence-electron chi connectivity index (χ0n) is 21.4. The summed E-state index contributed by atoms with van der Waals surface area (Å²) < 4.78 is 47.1. The number of hydrogen-bond acceptors (Lipinski definition) is 6. The lowest BCUT2D eigenvalue weighted by Gasteiger charge is -2.27. The first-order valence-corrected chi connectivity index (χ1v) is 14.4. The second kappa shape index (κ2) is 10.6. The van der Waals surface area contributed by atoms with E-state index in [1.54, 1.807) is 45.0 Å². The van der Waals surface area contributed by atoms with Gasteiger partial charge in [0.15, 0.2) is 15.6 Å². The fourth-order valence-electron chi connectivity index (χ4n) is 4.27. The molecule has 1 heterocycles. The topological polar surface area (TPSA) is 110 Å². The number of amides is 2. The number of rotatable bonds is 7. The van der Waals surface area contributed by atoms with E-state index in [0.717, 1.165) is 29.9 Å². The first kappa shape index (κ1) is 28.0. The number of carbonyl (C=O) groups is 3. The summed E-state index contributed by atoms with van der Waals surface area (Å²) in [5.41, 5.74) is -0.668. The second-order valence-electron chi connectivity index (χ2n) is 10.7. The zero-order chi connectivity index (χ0) is 27.8. The quantitative estimate of drug-likeness (QED) is 0.470. The number of sulfone groups is 1. The molecule has 2 aliphatic rings. The smallest absolute Gasteiger partial charge is 0.408 e. The molecule has 2 amide bonds. The molecule has 0 bridgehead atoms. The van der Waals surface area contributed by atoms with Crippen LogP contribution in [-0.4, -0.2) is 43.6 Å². The van der Waals surface area contributed by atoms with Gasteiger partial charge in [-0.15, -0.1) is 0 Å². The monoisotopic (exact) mass is 564 g/mol. The first-order chi connectivity index (χ1) is 17.7. The Bertz CT molecular complexity index is 1370. The molecular formula is C27H30ClFN2O6S. The lowest BCUT2D eigenvalue weighted by atomic mass is 10.0. The number of ether oxygens (including phenoxy) is 1. The number of ketones is 1. The highest BCUT2D eigenvalue weighted by atomic mass is 35.5. The molecule has 2 aromatic rings. The first-order valence-electron chi connectivity index (χ1n) is 12.4. The summed E-state index contributed by atoms with van der Waals surface area (Å²) in [7, 11) is -4.27. The molecule has 1 atom stereocenters. The summed E-state index contributed by atoms with van der Waals surface area (Å²) in [5, 5.41) is 2.83. The molecular weight excluding hydrogens is 535 g/mol. The molecule has 2 aromatic carbocycles. The van der Waals surface area contributed by atoms with Gasteiger partial charge in [0.2, 0.25) is 0 Å². The Balaban J connectivity index is 1.77. The van der Waals surface area contributed by atoms with E-state index in [1.807, 2.05) is 0 Å². The Labute approximate surface area is 226 Å². The third-order valence-corrected chi connectivity index (χ3v) is 8.37. The number of nitrogens with one attached hydrogen (secondary N) is 1. The zero-order valence-corrected chi connectivity index (χ0v) is 23.0. The van der Waals surface area contributed by atoms with Crippen LogP contribution in [0.5, 0.6) is 0 Å². The fraction of sp³-hybridized carbons (Fsp3) is 0.444. The van der Waals surface area contributed by atoms with Gasteiger partial charge in [-0.25, -0.2) is 17.6 Å². The normalized spacial score (nSPS) is 18.9. The average molecular weight is 565 g/mol. The number of halogens is 2. The van der Waals surface area contributed by atoms with E-state index in [9.17, 15) is 22.8 Å². The van der Waals surface area contributed by atoms with Crippen LogP contribution in [0.1, 0.15) is 62.4 Å². The summed E-state index contributed by atoms with van der Waals surface area (Å²) in [6.45, 7) is 4.79. The number of alkyl carbamates (subject to hydrolysis) is 1. The Morgan fingerprint density at radius 1 is 1.16 bits per heavy atom. The van der Waals surface area contributed by atoms with E-state index in [4.69, 9.17) is 16.3 Å². The van der Waals surface area contributed by atoms with E-state index in [0.29, 0.717) is 22.9 Å². The summed E-state index contributed by atoms with van der Waals surface area (Å²) in [6.07, 6.45) is 1.86. The minimum atomic E-state index is -4.27. The van der Waals surface area contributed by atoms with Crippen molar-refractivity contribution >= 4 is 44.9 Å². The molecule has 8 nitrogen and oxygen atoms in total. The van der Waals surface area contributed by atoms with Crippen LogP contribution in [0.15, 0.2) is 41.3 Å². The average Bonchev–Trinajstić information content (AvgIpc) is 3.64. The van der Waals surface area contributed by atoms with Gasteiger partial charge in [-0.1, -0.05) is 36.6 Å². The Morgan fingerprint density at radius 2 is 1.82 bits per heavy atom. The summed E-state index contributed by atoms with van der Waals surface area (Å²) in [5.74, 6) is -2.52. The van der Waals surface area contributed by atoms with Gasteiger partial charge < -0.3 is 15.0 Å². The maximum absolute atomic E-state index is 15.1. The maximum Gasteiger partial charge on any atom is 0.408 e. The van der Waals surface area contributed by atoms with Crippen LogP contribution in [0.3, 0.4) is 0 Å². The molecule has 0 unspecified atom stereocenters. The van der Waals surface area contributed by atoms with Crippen molar-refractivity contribution in [2.24, 2.45) is 5.92 Å². The number of carbonyl (C=O) groups excluding carboxylic acids is 3. The van der Waals surface area contributed by atoms with Crippen LogP contribution in [-0.2, 0) is 25.9 Å². The molecule has 204 valence electrons. The van der Waals surface area contributed by atoms with Crippen molar-refractivity contribution in [1.29, 1.82) is 0 Å². The summed E-state index contributed by atoms with van der Waals surface area (Å²) >= 11 is 5.99. The molecule has 11 heteroatoms. The number of Topliss-reactive ketones (excluding diaryl/α,β-unsaturated/α-hetero) is 1. The number of fused-ring (bicyclic) bond motifs is 1. The molecule has 1 fully saturated rings. The van der Waals surface area contributed by atoms with E-state index >= 15 is 4.39 Å². The van der Waals surface area contributed by atoms with Crippen molar-refractivity contribution in [3.05, 3.63) is 58.4 Å². The molecule has 4 rings (SSSR count). The van der Waals surface area contributed by atoms with Gasteiger partial charge >= 0.3 is 6.09 Å². The highest BCUT2D eigenvalue weighted by Crippen LogP contribution is 2.37. The lowest BCUT2D eigenvalue weighted by molar-refractivity contribution is -0.120. The van der Waals surface area contributed by atoms with Crippen LogP contribution in [0.25, 0.3) is 0 Å². The number of hydrogen-bond donors (Lipinski definition) is 1. The van der Waals surface area contributed by atoms with Crippen LogP contribution >= 0.6 is 11.6 Å². The van der Waals surface area contributed by atoms with Crippen molar-refractivity contribution < 1.29 is 31.9 Å². The van der Waals surface area contributed by atoms with Crippen molar-refractivity contribution in [2.45, 2.75) is 69.5 Å². The molecule has 1 aliphatic carbocycles. The molecule has 0 saturated heterocycles. The Morgan fingerprint density at radius 3 is 2.42 bits per heavy atom. The Hall–Kier alpha value is -2.98. The number of nitrogens with zero attached hydrogens (tertiary/aromatic N) is 1. The van der Waals surface area contributed by atoms with Crippen molar-refractivity contribution in [1.82, 2.24) is 5.32 Å². The van der Waals surface area contributed by atoms with Gasteiger partial charge in [0, 0.05) is 11.4 Å². The standard InChI is InChI=1S/C27H30ClFN2O6S/c1-27(2,3)37-26(34)30-21-15-38(35,36)24-13-20(29)19(23(32)11-8-16-4-5-16)12-22(24)31(25(21)33)14-17-6-9-18(28)10-7-17/h6-7,9-10,12-13,16,21H,4-5,8,11,14-15H2,1-3H3,(H,30,34)/t21-/m0/s1. The van der Waals surface area contributed by atoms with Gasteiger partial charge in [-0.2, -0.15) is 0 Å². The minimum absolute atomic E-state index is 0.105. The Kier molecular flexibility index (Phi) is 7.86. The minimum Gasteiger partial charge on any atom is -0.444 e. The van der Waals surface area contributed by atoms with E-state index in [2.05, 4.69) is 5.32 Å². The summed E-state index contributed by atoms with van der Waals surface area (Å²) in [6, 6.07) is 6.99. The third kappa shape index (κ3) is 6.71. The molecule has 38 heavy (non-hydrogen) atoms. The summed E-state index contributed by atoms with van der Waals surface area (Å²) in [4.78, 5) is 39.8. The molecule has 1 saturated carbocycles. The fourth-order valence-corrected chi connectivity index (χ4v) is 6.01. The molecule has 0 spiro atoms. The van der Waals surface area contributed by atoms with E-state index < -0.39 is 55.7 Å². The molecule has 1 aliphatic heterocycles. The van der Waals surface area contributed by atoms with E-state index in [-0.39, 0.29) is 24.2 Å². The van der Waals surface area contributed by atoms with Crippen molar-refractivity contribution in [2.75, 3.05) is 10.7 Å². The van der Waals surface area contributed by atoms with Gasteiger partial charge in [-0.3, -0.25) is 9.59 Å². The highest BCUT2D eigenvalue weighted by Gasteiger charge is 2.40. The van der Waals surface area contributed by atoms with Gasteiger partial charge in [0.25, 0.3) is 5.91 Å². The molecule has 0 aromatic heterocycles. The molecule has 1 N–H and O–H groups in total. The SMILES string of the molecule is CC(C)(C)OC(=O)N[C@H]1CS(=O)(=O)c2cc(F)c(C(=O)CCC3CC3)cc2N(Cc2ccc(Cl)cc2)C1=O. The van der Waals surface area contributed by atoms with Crippen molar-refractivity contribution in [3.8, 4) is 0 Å². The maximum atomic E-state index is 15.1. The number of benzene rings is 2. The molecule has 0 radical (unpaired) electrons. The van der Waals surface area contributed by atoms with Crippen LogP contribution in [0, 0.1) is 11.7 Å². The van der Waals surface area contributed by atoms with E-state index in [1.165, 1.54) is 0 Å². The second-order valence-corrected chi connectivity index (χ2v) is 13.2. The van der Waals surface area contributed by atoms with Crippen molar-refractivity contribution in [3.63, 3.8) is 0 Å².